The van der Waals surface area contributed by atoms with Crippen LogP contribution in [0.3, 0.4) is 0 Å². The van der Waals surface area contributed by atoms with Crippen LogP contribution >= 0.6 is 11.3 Å². The van der Waals surface area contributed by atoms with E-state index >= 15 is 0 Å². The smallest absolute Gasteiger partial charge is 0.246 e. The van der Waals surface area contributed by atoms with E-state index in [2.05, 4.69) is 109 Å². The Kier molecular flexibility index (Phi) is 5.19. The lowest BCUT2D eigenvalue weighted by Gasteiger charge is -2.10. The number of rotatable bonds is 3. The van der Waals surface area contributed by atoms with E-state index in [0.29, 0.717) is 5.71 Å². The van der Waals surface area contributed by atoms with Gasteiger partial charge in [0.1, 0.15) is 11.1 Å². The average Bonchev–Trinajstić information content (AvgIpc) is 3.63. The molecule has 3 heterocycles. The van der Waals surface area contributed by atoms with Crippen molar-refractivity contribution in [3.63, 3.8) is 0 Å². The molecule has 198 valence electrons. The van der Waals surface area contributed by atoms with Gasteiger partial charge in [-0.2, -0.15) is 0 Å². The van der Waals surface area contributed by atoms with Gasteiger partial charge in [-0.05, 0) is 70.5 Å². The van der Waals surface area contributed by atoms with Crippen molar-refractivity contribution in [2.75, 3.05) is 0 Å². The van der Waals surface area contributed by atoms with Crippen molar-refractivity contribution < 1.29 is 4.42 Å². The van der Waals surface area contributed by atoms with Crippen LogP contribution in [0, 0.1) is 0 Å². The minimum atomic E-state index is 0.592. The standard InChI is InChI=1S/C38H24N2OS/c1-2-13-28-23(8-1)18-19-33-35(28)36-38(41-33)40-32(22-39-36)27-12-6-10-25(21-27)24-9-5-11-26(20-24)29-15-7-16-31-30-14-3-4-17-34(30)42-37(29)31/h1,3-12,14-22H,2,13H2. The molecule has 3 aromatic heterocycles. The lowest BCUT2D eigenvalue weighted by Crippen LogP contribution is -1.95. The maximum absolute atomic E-state index is 6.22. The summed E-state index contributed by atoms with van der Waals surface area (Å²) in [5.74, 6) is 0. The zero-order valence-electron chi connectivity index (χ0n) is 22.7. The van der Waals surface area contributed by atoms with Crippen molar-refractivity contribution in [2.45, 2.75) is 12.8 Å². The van der Waals surface area contributed by atoms with Crippen LogP contribution in [0.5, 0.6) is 0 Å². The number of thiophene rings is 1. The van der Waals surface area contributed by atoms with Gasteiger partial charge in [0, 0.05) is 25.7 Å². The summed E-state index contributed by atoms with van der Waals surface area (Å²) in [6.07, 6.45) is 8.35. The van der Waals surface area contributed by atoms with Crippen LogP contribution in [0.15, 0.2) is 120 Å². The molecule has 0 fully saturated rings. The first-order chi connectivity index (χ1) is 20.8. The molecule has 0 bridgehead atoms. The first-order valence-electron chi connectivity index (χ1n) is 14.3. The molecule has 8 aromatic rings. The normalized spacial score (nSPS) is 13.0. The number of aromatic nitrogens is 2. The molecule has 0 aliphatic heterocycles. The third-order valence-electron chi connectivity index (χ3n) is 8.42. The van der Waals surface area contributed by atoms with Crippen LogP contribution in [0.1, 0.15) is 17.5 Å². The maximum atomic E-state index is 6.22. The van der Waals surface area contributed by atoms with Gasteiger partial charge in [0.05, 0.1) is 17.3 Å². The molecule has 0 saturated heterocycles. The van der Waals surface area contributed by atoms with Gasteiger partial charge in [0.15, 0.2) is 0 Å². The number of fused-ring (bicyclic) bond motifs is 8. The second-order valence-corrected chi connectivity index (χ2v) is 12.0. The number of nitrogens with zero attached hydrogens (tertiary/aromatic N) is 2. The van der Waals surface area contributed by atoms with E-state index in [1.54, 1.807) is 0 Å². The fourth-order valence-corrected chi connectivity index (χ4v) is 7.65. The Bertz CT molecular complexity index is 2380. The van der Waals surface area contributed by atoms with Gasteiger partial charge in [-0.3, -0.25) is 0 Å². The highest BCUT2D eigenvalue weighted by Gasteiger charge is 2.18. The predicted molar refractivity (Wildman–Crippen MR) is 176 cm³/mol. The van der Waals surface area contributed by atoms with Crippen LogP contribution in [-0.4, -0.2) is 9.97 Å². The zero-order valence-corrected chi connectivity index (χ0v) is 23.5. The van der Waals surface area contributed by atoms with Crippen LogP contribution in [0.25, 0.3) is 82.0 Å². The molecule has 0 N–H and O–H groups in total. The molecule has 0 amide bonds. The third kappa shape index (κ3) is 3.65. The van der Waals surface area contributed by atoms with E-state index in [4.69, 9.17) is 14.4 Å². The SMILES string of the molecule is C1=Cc2ccc3oc4nc(-c5cccc(-c6cccc(-c7cccc8c7sc7ccccc78)c6)c5)cnc4c3c2CC1. The van der Waals surface area contributed by atoms with Crippen molar-refractivity contribution in [3.05, 3.63) is 127 Å². The number of aryl methyl sites for hydroxylation is 1. The number of hydrogen-bond acceptors (Lipinski definition) is 4. The summed E-state index contributed by atoms with van der Waals surface area (Å²) in [5.41, 5.74) is 11.5. The Labute approximate surface area is 246 Å². The molecule has 0 atom stereocenters. The van der Waals surface area contributed by atoms with Crippen LogP contribution in [0.2, 0.25) is 0 Å². The number of allylic oxidation sites excluding steroid dienone is 1. The lowest BCUT2D eigenvalue weighted by molar-refractivity contribution is 0.653. The molecule has 0 spiro atoms. The molecule has 0 saturated carbocycles. The molecular formula is C38H24N2OS. The van der Waals surface area contributed by atoms with Gasteiger partial charge >= 0.3 is 0 Å². The van der Waals surface area contributed by atoms with Crippen LogP contribution in [-0.2, 0) is 6.42 Å². The van der Waals surface area contributed by atoms with E-state index < -0.39 is 0 Å². The number of hydrogen-bond donors (Lipinski definition) is 0. The predicted octanol–water partition coefficient (Wildman–Crippen LogP) is 10.7. The highest BCUT2D eigenvalue weighted by Crippen LogP contribution is 2.41. The van der Waals surface area contributed by atoms with E-state index in [-0.39, 0.29) is 0 Å². The summed E-state index contributed by atoms with van der Waals surface area (Å²) in [6, 6.07) is 36.9. The van der Waals surface area contributed by atoms with E-state index in [0.717, 1.165) is 46.1 Å². The fraction of sp³-hybridized carbons (Fsp3) is 0.0526. The molecule has 1 aliphatic rings. The van der Waals surface area contributed by atoms with Gasteiger partial charge in [-0.15, -0.1) is 11.3 Å². The van der Waals surface area contributed by atoms with Crippen molar-refractivity contribution in [1.82, 2.24) is 9.97 Å². The van der Waals surface area contributed by atoms with Crippen molar-refractivity contribution in [2.24, 2.45) is 0 Å². The molecule has 5 aromatic carbocycles. The zero-order chi connectivity index (χ0) is 27.6. The molecule has 42 heavy (non-hydrogen) atoms. The van der Waals surface area contributed by atoms with Crippen LogP contribution < -0.4 is 0 Å². The highest BCUT2D eigenvalue weighted by atomic mass is 32.1. The van der Waals surface area contributed by atoms with Crippen molar-refractivity contribution >= 4 is 59.8 Å². The summed E-state index contributed by atoms with van der Waals surface area (Å²) < 4.78 is 8.87. The minimum Gasteiger partial charge on any atom is -0.436 e. The van der Waals surface area contributed by atoms with Gasteiger partial charge in [0.2, 0.25) is 5.71 Å². The van der Waals surface area contributed by atoms with Crippen molar-refractivity contribution in [1.29, 1.82) is 0 Å². The van der Waals surface area contributed by atoms with Gasteiger partial charge < -0.3 is 4.42 Å². The molecule has 0 radical (unpaired) electrons. The molecule has 9 rings (SSSR count). The molecule has 3 nitrogen and oxygen atoms in total. The van der Waals surface area contributed by atoms with Crippen LogP contribution in [0.4, 0.5) is 0 Å². The second-order valence-electron chi connectivity index (χ2n) is 10.9. The highest BCUT2D eigenvalue weighted by molar-refractivity contribution is 7.26. The number of furan rings is 1. The van der Waals surface area contributed by atoms with Crippen molar-refractivity contribution in [3.8, 4) is 33.5 Å². The van der Waals surface area contributed by atoms with Gasteiger partial charge in [-0.25, -0.2) is 9.97 Å². The number of benzene rings is 5. The third-order valence-corrected chi connectivity index (χ3v) is 9.64. The molecular weight excluding hydrogens is 532 g/mol. The Morgan fingerprint density at radius 1 is 0.714 bits per heavy atom. The Morgan fingerprint density at radius 2 is 1.50 bits per heavy atom. The molecule has 4 heteroatoms. The van der Waals surface area contributed by atoms with E-state index in [1.807, 2.05) is 23.6 Å². The largest absolute Gasteiger partial charge is 0.436 e. The quantitative estimate of drug-likeness (QED) is 0.217. The summed E-state index contributed by atoms with van der Waals surface area (Å²) >= 11 is 1.87. The molecule has 0 unspecified atom stereocenters. The molecule has 1 aliphatic carbocycles. The fourth-order valence-electron chi connectivity index (χ4n) is 6.41. The lowest BCUT2D eigenvalue weighted by atomic mass is 9.94. The first-order valence-corrected chi connectivity index (χ1v) is 15.1. The van der Waals surface area contributed by atoms with Gasteiger partial charge in [-0.1, -0.05) is 91.0 Å². The monoisotopic (exact) mass is 556 g/mol. The second kappa shape index (κ2) is 9.23. The first kappa shape index (κ1) is 23.6. The summed E-state index contributed by atoms with van der Waals surface area (Å²) in [6.45, 7) is 0. The van der Waals surface area contributed by atoms with Gasteiger partial charge in [0.25, 0.3) is 0 Å². The van der Waals surface area contributed by atoms with E-state index in [1.165, 1.54) is 48.0 Å². The maximum Gasteiger partial charge on any atom is 0.246 e. The Balaban J connectivity index is 1.12. The van der Waals surface area contributed by atoms with E-state index in [9.17, 15) is 0 Å². The Hall–Kier alpha value is -5.06. The topological polar surface area (TPSA) is 38.9 Å². The summed E-state index contributed by atoms with van der Waals surface area (Å²) in [4.78, 5) is 9.82. The average molecular weight is 557 g/mol. The minimum absolute atomic E-state index is 0.592. The summed E-state index contributed by atoms with van der Waals surface area (Å²) in [5, 5.41) is 3.74. The summed E-state index contributed by atoms with van der Waals surface area (Å²) in [7, 11) is 0. The Morgan fingerprint density at radius 3 is 2.43 bits per heavy atom.